The maximum atomic E-state index is 13.1. The number of piperidine rings is 1. The summed E-state index contributed by atoms with van der Waals surface area (Å²) in [4.78, 5) is 50.1. The first kappa shape index (κ1) is 25.4. The monoisotopic (exact) mass is 526 g/mol. The number of halogens is 1. The lowest BCUT2D eigenvalue weighted by Gasteiger charge is -2.29. The van der Waals surface area contributed by atoms with Gasteiger partial charge in [0.05, 0.1) is 22.8 Å². The van der Waals surface area contributed by atoms with E-state index in [-0.39, 0.29) is 42.8 Å². The number of hydrogen-bond acceptors (Lipinski definition) is 7. The Bertz CT molecular complexity index is 1200. The van der Waals surface area contributed by atoms with Crippen molar-refractivity contribution in [3.05, 3.63) is 40.5 Å². The number of benzene rings is 1. The van der Waals surface area contributed by atoms with Crippen LogP contribution in [-0.2, 0) is 20.9 Å². The quantitative estimate of drug-likeness (QED) is 0.568. The van der Waals surface area contributed by atoms with Crippen LogP contribution in [0.3, 0.4) is 0 Å². The molecule has 0 bridgehead atoms. The summed E-state index contributed by atoms with van der Waals surface area (Å²) in [5, 5.41) is 6.57. The van der Waals surface area contributed by atoms with E-state index in [2.05, 4.69) is 20.6 Å². The van der Waals surface area contributed by atoms with Crippen molar-refractivity contribution in [3.63, 3.8) is 0 Å². The van der Waals surface area contributed by atoms with Crippen molar-refractivity contribution in [2.24, 2.45) is 5.92 Å². The van der Waals surface area contributed by atoms with Gasteiger partial charge in [-0.15, -0.1) is 0 Å². The van der Waals surface area contributed by atoms with Crippen LogP contribution in [0.25, 0.3) is 11.3 Å². The molecular formula is C26H31ClN6O4. The molecule has 196 valence electrons. The highest BCUT2D eigenvalue weighted by Gasteiger charge is 2.31. The topological polar surface area (TPSA) is 117 Å². The van der Waals surface area contributed by atoms with Crippen molar-refractivity contribution in [3.8, 4) is 11.3 Å². The fraction of sp³-hybridized carbons (Fsp3) is 0.500. The molecule has 2 fully saturated rings. The second-order valence-electron chi connectivity index (χ2n) is 9.86. The summed E-state index contributed by atoms with van der Waals surface area (Å²) in [7, 11) is 1.78. The van der Waals surface area contributed by atoms with Crippen LogP contribution in [0.15, 0.2) is 24.4 Å². The highest BCUT2D eigenvalue weighted by molar-refractivity contribution is 6.33. The molecule has 3 amide bonds. The predicted molar refractivity (Wildman–Crippen MR) is 138 cm³/mol. The molecule has 10 nitrogen and oxygen atoms in total. The number of rotatable bonds is 7. The maximum Gasteiger partial charge on any atom is 0.254 e. The Kier molecular flexibility index (Phi) is 7.57. The molecule has 1 aromatic carbocycles. The lowest BCUT2D eigenvalue weighted by atomic mass is 9.97. The lowest BCUT2D eigenvalue weighted by Crippen LogP contribution is -2.45. The first-order valence-electron chi connectivity index (χ1n) is 12.7. The molecule has 1 aromatic heterocycles. The molecule has 2 saturated heterocycles. The standard InChI is InChI=1S/C26H31ClN6O4/c1-32-8-2-3-17(24(32)35)12-28-22(34)15-33-14-18-5-4-16(11-20(18)25(33)36)23-21(27)13-29-26(31-23)30-19-6-9-37-10-7-19/h4-5,11,13,17,19H,2-3,6-10,12,14-15H2,1H3,(H,28,34)(H,29,30,31). The molecule has 37 heavy (non-hydrogen) atoms. The summed E-state index contributed by atoms with van der Waals surface area (Å²) in [6.07, 6.45) is 5.01. The Morgan fingerprint density at radius 2 is 2.03 bits per heavy atom. The van der Waals surface area contributed by atoms with Gasteiger partial charge in [-0.1, -0.05) is 23.7 Å². The highest BCUT2D eigenvalue weighted by atomic mass is 35.5. The predicted octanol–water partition coefficient (Wildman–Crippen LogP) is 2.33. The minimum Gasteiger partial charge on any atom is -0.381 e. The average Bonchev–Trinajstić information content (AvgIpc) is 3.21. The number of nitrogens with zero attached hydrogens (tertiary/aromatic N) is 4. The van der Waals surface area contributed by atoms with Crippen molar-refractivity contribution in [1.29, 1.82) is 0 Å². The molecule has 0 spiro atoms. The van der Waals surface area contributed by atoms with Gasteiger partial charge < -0.3 is 25.2 Å². The lowest BCUT2D eigenvalue weighted by molar-refractivity contribution is -0.137. The first-order valence-corrected chi connectivity index (χ1v) is 13.1. The van der Waals surface area contributed by atoms with Gasteiger partial charge in [0.25, 0.3) is 5.91 Å². The van der Waals surface area contributed by atoms with Crippen LogP contribution in [0.2, 0.25) is 5.02 Å². The second kappa shape index (κ2) is 11.0. The third-order valence-electron chi connectivity index (χ3n) is 7.21. The van der Waals surface area contributed by atoms with E-state index >= 15 is 0 Å². The third kappa shape index (κ3) is 5.70. The molecular weight excluding hydrogens is 496 g/mol. The minimum absolute atomic E-state index is 0.0539. The van der Waals surface area contributed by atoms with Crippen LogP contribution >= 0.6 is 11.6 Å². The average molecular weight is 527 g/mol. The van der Waals surface area contributed by atoms with Crippen molar-refractivity contribution in [2.45, 2.75) is 38.3 Å². The molecule has 1 atom stereocenters. The van der Waals surface area contributed by atoms with E-state index in [4.69, 9.17) is 16.3 Å². The number of nitrogens with one attached hydrogen (secondary N) is 2. The number of fused-ring (bicyclic) bond motifs is 1. The number of hydrogen-bond donors (Lipinski definition) is 2. The number of carbonyl (C=O) groups is 3. The summed E-state index contributed by atoms with van der Waals surface area (Å²) in [5.74, 6) is -0.159. The Hall–Kier alpha value is -3.24. The zero-order chi connectivity index (χ0) is 25.9. The van der Waals surface area contributed by atoms with Gasteiger partial charge >= 0.3 is 0 Å². The van der Waals surface area contributed by atoms with E-state index in [0.29, 0.717) is 47.6 Å². The van der Waals surface area contributed by atoms with Gasteiger partial charge in [-0.25, -0.2) is 9.97 Å². The molecule has 0 aliphatic carbocycles. The smallest absolute Gasteiger partial charge is 0.254 e. The van der Waals surface area contributed by atoms with Crippen LogP contribution in [0.1, 0.15) is 41.6 Å². The zero-order valence-electron chi connectivity index (χ0n) is 20.8. The molecule has 3 aliphatic heterocycles. The van der Waals surface area contributed by atoms with E-state index in [1.54, 1.807) is 24.2 Å². The molecule has 0 radical (unpaired) electrons. The minimum atomic E-state index is -0.273. The molecule has 5 rings (SSSR count). The molecule has 0 saturated carbocycles. The normalized spacial score (nSPS) is 20.2. The van der Waals surface area contributed by atoms with Crippen molar-refractivity contribution in [1.82, 2.24) is 25.1 Å². The molecule has 4 heterocycles. The van der Waals surface area contributed by atoms with Crippen molar-refractivity contribution < 1.29 is 19.1 Å². The Morgan fingerprint density at radius 1 is 1.22 bits per heavy atom. The molecule has 3 aliphatic rings. The van der Waals surface area contributed by atoms with Crippen LogP contribution in [0.4, 0.5) is 5.95 Å². The number of aromatic nitrogens is 2. The van der Waals surface area contributed by atoms with Crippen LogP contribution in [-0.4, -0.2) is 83.4 Å². The second-order valence-corrected chi connectivity index (χ2v) is 10.3. The maximum absolute atomic E-state index is 13.1. The van der Waals surface area contributed by atoms with Crippen LogP contribution in [0, 0.1) is 5.92 Å². The van der Waals surface area contributed by atoms with E-state index in [9.17, 15) is 14.4 Å². The number of amides is 3. The van der Waals surface area contributed by atoms with Crippen LogP contribution in [0.5, 0.6) is 0 Å². The van der Waals surface area contributed by atoms with E-state index in [0.717, 1.165) is 37.8 Å². The molecule has 2 N–H and O–H groups in total. The molecule has 11 heteroatoms. The molecule has 2 aromatic rings. The van der Waals surface area contributed by atoms with Gasteiger partial charge in [0.15, 0.2) is 0 Å². The van der Waals surface area contributed by atoms with E-state index in [1.165, 1.54) is 4.90 Å². The highest BCUT2D eigenvalue weighted by Crippen LogP contribution is 2.31. The first-order chi connectivity index (χ1) is 17.9. The summed E-state index contributed by atoms with van der Waals surface area (Å²) in [6.45, 7) is 2.73. The van der Waals surface area contributed by atoms with Crippen molar-refractivity contribution >= 4 is 35.3 Å². The van der Waals surface area contributed by atoms with Gasteiger partial charge in [-0.2, -0.15) is 0 Å². The molecule has 1 unspecified atom stereocenters. The van der Waals surface area contributed by atoms with Crippen molar-refractivity contribution in [2.75, 3.05) is 45.2 Å². The van der Waals surface area contributed by atoms with Gasteiger partial charge in [-0.05, 0) is 37.3 Å². The number of ether oxygens (including phenoxy) is 1. The van der Waals surface area contributed by atoms with E-state index in [1.807, 2.05) is 12.1 Å². The summed E-state index contributed by atoms with van der Waals surface area (Å²) in [6, 6.07) is 5.77. The summed E-state index contributed by atoms with van der Waals surface area (Å²) >= 11 is 6.43. The fourth-order valence-corrected chi connectivity index (χ4v) is 5.28. The third-order valence-corrected chi connectivity index (χ3v) is 7.49. The van der Waals surface area contributed by atoms with Gasteiger partial charge in [0.1, 0.15) is 6.54 Å². The van der Waals surface area contributed by atoms with Crippen LogP contribution < -0.4 is 10.6 Å². The Labute approximate surface area is 220 Å². The SMILES string of the molecule is CN1CCCC(CNC(=O)CN2Cc3ccc(-c4nc(NC5CCOCC5)ncc4Cl)cc3C2=O)C1=O. The van der Waals surface area contributed by atoms with Gasteiger partial charge in [0, 0.05) is 57.1 Å². The largest absolute Gasteiger partial charge is 0.381 e. The van der Waals surface area contributed by atoms with Gasteiger partial charge in [0.2, 0.25) is 17.8 Å². The number of likely N-dealkylation sites (tertiary alicyclic amines) is 1. The Morgan fingerprint density at radius 3 is 2.84 bits per heavy atom. The zero-order valence-corrected chi connectivity index (χ0v) is 21.6. The van der Waals surface area contributed by atoms with Gasteiger partial charge in [-0.3, -0.25) is 14.4 Å². The summed E-state index contributed by atoms with van der Waals surface area (Å²) in [5.41, 5.74) is 2.63. The summed E-state index contributed by atoms with van der Waals surface area (Å²) < 4.78 is 5.41. The van der Waals surface area contributed by atoms with E-state index < -0.39 is 0 Å². The Balaban J connectivity index is 1.23. The number of anilines is 1. The number of carbonyl (C=O) groups excluding carboxylic acids is 3. The fourth-order valence-electron chi connectivity index (χ4n) is 5.08.